The largest absolute Gasteiger partial charge is 0.461 e. The van der Waals surface area contributed by atoms with Crippen molar-refractivity contribution < 1.29 is 47.0 Å². The monoisotopic (exact) mass is 772 g/mol. The van der Waals surface area contributed by atoms with Gasteiger partial charge in [-0.15, -0.1) is 0 Å². The van der Waals surface area contributed by atoms with Crippen LogP contribution in [0.15, 0.2) is 115 Å². The first-order valence-corrected chi connectivity index (χ1v) is 19.8. The minimum absolute atomic E-state index is 0.00135. The second-order valence-electron chi connectivity index (χ2n) is 13.7. The first-order chi connectivity index (χ1) is 26.4. The molecule has 4 aromatic carbocycles. The normalized spacial score (nSPS) is 12.8. The fourth-order valence-corrected chi connectivity index (χ4v) is 6.99. The lowest BCUT2D eigenvalue weighted by Crippen LogP contribution is -2.37. The van der Waals surface area contributed by atoms with Crippen LogP contribution < -0.4 is 10.6 Å². The molecule has 0 saturated carbocycles. The van der Waals surface area contributed by atoms with Gasteiger partial charge in [0.05, 0.1) is 25.3 Å². The zero-order valence-electron chi connectivity index (χ0n) is 31.4. The fraction of sp³-hybridized carbons (Fsp3) is 0.333. The Kier molecular flexibility index (Phi) is 16.6. The molecule has 13 heteroatoms. The van der Waals surface area contributed by atoms with E-state index in [1.165, 1.54) is 0 Å². The number of amides is 2. The molecular weight excluding hydrogens is 723 g/mol. The van der Waals surface area contributed by atoms with Gasteiger partial charge in [0.25, 0.3) is 0 Å². The Morgan fingerprint density at radius 1 is 0.673 bits per heavy atom. The highest BCUT2D eigenvalue weighted by atomic mass is 31.2. The summed E-state index contributed by atoms with van der Waals surface area (Å²) in [5.74, 6) is -2.57. The number of benzene rings is 4. The van der Waals surface area contributed by atoms with Crippen LogP contribution in [0.1, 0.15) is 55.9 Å². The van der Waals surface area contributed by atoms with Crippen molar-refractivity contribution in [1.29, 1.82) is 0 Å². The van der Waals surface area contributed by atoms with Gasteiger partial charge >= 0.3 is 25.6 Å². The van der Waals surface area contributed by atoms with Gasteiger partial charge in [-0.1, -0.05) is 103 Å². The average Bonchev–Trinajstić information content (AvgIpc) is 3.17. The number of alkyl carbamates (subject to hydrolysis) is 1. The Hall–Kier alpha value is -5.29. The van der Waals surface area contributed by atoms with Crippen molar-refractivity contribution in [3.05, 3.63) is 138 Å². The van der Waals surface area contributed by atoms with Crippen molar-refractivity contribution >= 4 is 37.2 Å². The number of nitrogens with one attached hydrogen (secondary N) is 2. The van der Waals surface area contributed by atoms with Crippen molar-refractivity contribution in [3.63, 3.8) is 0 Å². The van der Waals surface area contributed by atoms with Gasteiger partial charge in [-0.25, -0.2) is 4.79 Å². The van der Waals surface area contributed by atoms with Gasteiger partial charge in [0.1, 0.15) is 25.4 Å². The highest BCUT2D eigenvalue weighted by Gasteiger charge is 2.35. The number of anilines is 1. The fourth-order valence-electron chi connectivity index (χ4n) is 5.12. The lowest BCUT2D eigenvalue weighted by atomic mass is 10.1. The van der Waals surface area contributed by atoms with Gasteiger partial charge in [0.2, 0.25) is 5.91 Å². The molecule has 0 fully saturated rings. The van der Waals surface area contributed by atoms with E-state index in [9.17, 15) is 23.7 Å². The Bertz CT molecular complexity index is 1850. The van der Waals surface area contributed by atoms with Crippen molar-refractivity contribution in [2.45, 2.75) is 65.5 Å². The first-order valence-electron chi connectivity index (χ1n) is 18.0. The summed E-state index contributed by atoms with van der Waals surface area (Å²) in [5.41, 5.74) is 3.01. The minimum Gasteiger partial charge on any atom is -0.461 e. The van der Waals surface area contributed by atoms with E-state index in [2.05, 4.69) is 10.6 Å². The lowest BCUT2D eigenvalue weighted by Gasteiger charge is -2.23. The third-order valence-corrected chi connectivity index (χ3v) is 9.91. The highest BCUT2D eigenvalue weighted by molar-refractivity contribution is 7.53. The molecule has 2 N–H and O–H groups in total. The molecule has 0 aliphatic carbocycles. The third kappa shape index (κ3) is 16.7. The van der Waals surface area contributed by atoms with E-state index in [4.69, 9.17) is 23.3 Å². The van der Waals surface area contributed by atoms with E-state index in [-0.39, 0.29) is 52.0 Å². The summed E-state index contributed by atoms with van der Waals surface area (Å²) in [5, 5.41) is 5.12. The molecule has 2 atom stereocenters. The standard InChI is InChI=1S/C42H49N2O10P/c1-42(2,3)54-41(48)43-27-38(45)44-37-22-19-32(20-23-37)25-26-52-55(49,53-30-35-17-11-6-12-18-35)31-36(40(47)51-29-34-15-9-5-10-16-34)21-24-39(46)50-28-33-13-7-4-8-14-33/h4-20,22-23,36H,21,24-31H2,1-3H3,(H,43,48)(H,44,45)/t36-,55?/m1/s1. The maximum absolute atomic E-state index is 14.4. The summed E-state index contributed by atoms with van der Waals surface area (Å²) in [6.45, 7) is 4.97. The zero-order chi connectivity index (χ0) is 39.5. The summed E-state index contributed by atoms with van der Waals surface area (Å²) in [4.78, 5) is 50.5. The molecule has 0 spiro atoms. The molecule has 0 radical (unpaired) electrons. The third-order valence-electron chi connectivity index (χ3n) is 7.92. The molecule has 12 nitrogen and oxygen atoms in total. The summed E-state index contributed by atoms with van der Waals surface area (Å²) < 4.78 is 42.6. The van der Waals surface area contributed by atoms with E-state index in [0.717, 1.165) is 22.3 Å². The highest BCUT2D eigenvalue weighted by Crippen LogP contribution is 2.51. The topological polar surface area (TPSA) is 156 Å². The Balaban J connectivity index is 1.39. The lowest BCUT2D eigenvalue weighted by molar-refractivity contribution is -0.150. The van der Waals surface area contributed by atoms with E-state index < -0.39 is 43.1 Å². The van der Waals surface area contributed by atoms with Crippen LogP contribution in [0.5, 0.6) is 0 Å². The minimum atomic E-state index is -3.96. The maximum atomic E-state index is 14.4. The number of rotatable bonds is 20. The molecule has 0 saturated heterocycles. The van der Waals surface area contributed by atoms with Crippen molar-refractivity contribution in [1.82, 2.24) is 5.32 Å². The van der Waals surface area contributed by atoms with Gasteiger partial charge < -0.3 is 33.9 Å². The molecule has 2 amide bonds. The molecule has 1 unspecified atom stereocenters. The number of ether oxygens (including phenoxy) is 3. The van der Waals surface area contributed by atoms with Gasteiger partial charge in [-0.05, 0) is 68.0 Å². The van der Waals surface area contributed by atoms with Gasteiger partial charge in [0.15, 0.2) is 0 Å². The van der Waals surface area contributed by atoms with Crippen LogP contribution >= 0.6 is 7.60 Å². The number of hydrogen-bond donors (Lipinski definition) is 2. The summed E-state index contributed by atoms with van der Waals surface area (Å²) in [7, 11) is -3.96. The van der Waals surface area contributed by atoms with Crippen molar-refractivity contribution in [3.8, 4) is 0 Å². The van der Waals surface area contributed by atoms with E-state index >= 15 is 0 Å². The Labute approximate surface area is 322 Å². The van der Waals surface area contributed by atoms with E-state index in [1.54, 1.807) is 45.0 Å². The smallest absolute Gasteiger partial charge is 0.408 e. The molecule has 55 heavy (non-hydrogen) atoms. The van der Waals surface area contributed by atoms with Crippen molar-refractivity contribution in [2.24, 2.45) is 5.92 Å². The number of hydrogen-bond acceptors (Lipinski definition) is 10. The van der Waals surface area contributed by atoms with Crippen LogP contribution in [0, 0.1) is 5.92 Å². The Morgan fingerprint density at radius 2 is 1.22 bits per heavy atom. The number of carbonyl (C=O) groups excluding carboxylic acids is 4. The van der Waals surface area contributed by atoms with Crippen LogP contribution in [0.3, 0.4) is 0 Å². The molecule has 0 heterocycles. The summed E-state index contributed by atoms with van der Waals surface area (Å²) >= 11 is 0. The zero-order valence-corrected chi connectivity index (χ0v) is 32.3. The van der Waals surface area contributed by atoms with Crippen LogP contribution in [0.25, 0.3) is 0 Å². The van der Waals surface area contributed by atoms with Gasteiger partial charge in [0, 0.05) is 12.1 Å². The summed E-state index contributed by atoms with van der Waals surface area (Å²) in [6.07, 6.45) is -0.788. The summed E-state index contributed by atoms with van der Waals surface area (Å²) in [6, 6.07) is 34.5. The van der Waals surface area contributed by atoms with E-state index in [1.807, 2.05) is 91.0 Å². The van der Waals surface area contributed by atoms with Crippen LogP contribution in [-0.2, 0) is 68.4 Å². The predicted octanol–water partition coefficient (Wildman–Crippen LogP) is 8.00. The van der Waals surface area contributed by atoms with Crippen LogP contribution in [-0.4, -0.2) is 48.9 Å². The van der Waals surface area contributed by atoms with Crippen molar-refractivity contribution in [2.75, 3.05) is 24.6 Å². The molecule has 4 rings (SSSR count). The Morgan fingerprint density at radius 3 is 1.78 bits per heavy atom. The molecule has 0 aromatic heterocycles. The maximum Gasteiger partial charge on any atom is 0.408 e. The molecule has 4 aromatic rings. The quantitative estimate of drug-likeness (QED) is 0.0513. The van der Waals surface area contributed by atoms with E-state index in [0.29, 0.717) is 12.1 Å². The first kappa shape index (κ1) is 42.5. The van der Waals surface area contributed by atoms with Gasteiger partial charge in [-0.2, -0.15) is 0 Å². The second kappa shape index (κ2) is 21.6. The number of carbonyl (C=O) groups is 4. The SMILES string of the molecule is CC(C)(C)OC(=O)NCC(=O)Nc1ccc(CCOP(=O)(C[C@@H](CCC(=O)OCc2ccccc2)C(=O)OCc2ccccc2)OCc2ccccc2)cc1. The molecule has 0 bridgehead atoms. The second-order valence-corrected chi connectivity index (χ2v) is 15.8. The molecule has 0 aliphatic rings. The number of esters is 2. The van der Waals surface area contributed by atoms with Crippen LogP contribution in [0.2, 0.25) is 0 Å². The molecule has 0 aliphatic heterocycles. The predicted molar refractivity (Wildman–Crippen MR) is 208 cm³/mol. The van der Waals surface area contributed by atoms with Gasteiger partial charge in [-0.3, -0.25) is 18.9 Å². The average molecular weight is 773 g/mol. The molecular formula is C42H49N2O10P. The van der Waals surface area contributed by atoms with Crippen LogP contribution in [0.4, 0.5) is 10.5 Å². The molecule has 292 valence electrons.